The Labute approximate surface area is 198 Å². The van der Waals surface area contributed by atoms with Crippen molar-refractivity contribution in [2.45, 2.75) is 65.1 Å². The lowest BCUT2D eigenvalue weighted by Gasteiger charge is -2.36. The van der Waals surface area contributed by atoms with Gasteiger partial charge in [0.25, 0.3) is 0 Å². The smallest absolute Gasteiger partial charge is 0.410 e. The number of carbonyl (C=O) groups is 2. The van der Waals surface area contributed by atoms with Crippen molar-refractivity contribution in [1.82, 2.24) is 14.7 Å². The molecule has 4 rings (SSSR count). The summed E-state index contributed by atoms with van der Waals surface area (Å²) in [6.07, 6.45) is 3.33. The van der Waals surface area contributed by atoms with Crippen LogP contribution in [0.4, 0.5) is 4.79 Å². The zero-order valence-corrected chi connectivity index (χ0v) is 20.5. The molecule has 3 aliphatic heterocycles. The summed E-state index contributed by atoms with van der Waals surface area (Å²) in [6.45, 7) is 13.0. The number of amides is 2. The number of hydrogen-bond donors (Lipinski definition) is 0. The molecule has 2 amide bonds. The van der Waals surface area contributed by atoms with E-state index in [0.29, 0.717) is 31.3 Å². The largest absolute Gasteiger partial charge is 0.444 e. The van der Waals surface area contributed by atoms with Gasteiger partial charge in [-0.15, -0.1) is 0 Å². The first-order chi connectivity index (χ1) is 15.8. The minimum Gasteiger partial charge on any atom is -0.444 e. The van der Waals surface area contributed by atoms with Crippen molar-refractivity contribution in [3.05, 3.63) is 34.9 Å². The monoisotopic (exact) mass is 457 g/mol. The van der Waals surface area contributed by atoms with E-state index in [1.165, 1.54) is 16.7 Å². The molecule has 0 unspecified atom stereocenters. The highest BCUT2D eigenvalue weighted by Gasteiger charge is 2.27. The molecule has 182 valence electrons. The van der Waals surface area contributed by atoms with Crippen LogP contribution < -0.4 is 0 Å². The van der Waals surface area contributed by atoms with E-state index in [0.717, 1.165) is 65.2 Å². The normalized spacial score (nSPS) is 20.5. The second-order valence-electron chi connectivity index (χ2n) is 10.7. The van der Waals surface area contributed by atoms with E-state index < -0.39 is 5.60 Å². The van der Waals surface area contributed by atoms with Crippen LogP contribution in [-0.2, 0) is 33.8 Å². The van der Waals surface area contributed by atoms with Crippen molar-refractivity contribution >= 4 is 12.0 Å². The van der Waals surface area contributed by atoms with Gasteiger partial charge < -0.3 is 19.3 Å². The second kappa shape index (κ2) is 10.4. The Morgan fingerprint density at radius 1 is 1.00 bits per heavy atom. The number of carbonyl (C=O) groups excluding carboxylic acids is 2. The number of hydrogen-bond acceptors (Lipinski definition) is 5. The van der Waals surface area contributed by atoms with Gasteiger partial charge in [0.15, 0.2) is 0 Å². The van der Waals surface area contributed by atoms with Gasteiger partial charge in [-0.1, -0.05) is 18.2 Å². The van der Waals surface area contributed by atoms with Gasteiger partial charge in [0.05, 0.1) is 0 Å². The van der Waals surface area contributed by atoms with Crippen LogP contribution in [0.5, 0.6) is 0 Å². The summed E-state index contributed by atoms with van der Waals surface area (Å²) in [5, 5.41) is 0. The van der Waals surface area contributed by atoms with E-state index >= 15 is 0 Å². The van der Waals surface area contributed by atoms with Crippen LogP contribution in [0.1, 0.15) is 56.7 Å². The fraction of sp³-hybridized carbons (Fsp3) is 0.692. The van der Waals surface area contributed by atoms with Gasteiger partial charge in [-0.2, -0.15) is 0 Å². The second-order valence-corrected chi connectivity index (χ2v) is 10.7. The molecule has 0 saturated carbocycles. The molecule has 7 nitrogen and oxygen atoms in total. The van der Waals surface area contributed by atoms with E-state index in [4.69, 9.17) is 9.47 Å². The van der Waals surface area contributed by atoms with Gasteiger partial charge in [0, 0.05) is 65.4 Å². The first-order valence-electron chi connectivity index (χ1n) is 12.4. The molecule has 0 aromatic heterocycles. The molecule has 33 heavy (non-hydrogen) atoms. The van der Waals surface area contributed by atoms with Gasteiger partial charge in [-0.05, 0) is 62.6 Å². The molecule has 0 aliphatic carbocycles. The molecule has 0 spiro atoms. The third kappa shape index (κ3) is 6.70. The van der Waals surface area contributed by atoms with Crippen molar-refractivity contribution < 1.29 is 19.1 Å². The number of piperazine rings is 1. The van der Waals surface area contributed by atoms with Crippen LogP contribution in [0.3, 0.4) is 0 Å². The number of rotatable bonds is 4. The lowest BCUT2D eigenvalue weighted by Crippen LogP contribution is -2.48. The Morgan fingerprint density at radius 2 is 1.73 bits per heavy atom. The summed E-state index contributed by atoms with van der Waals surface area (Å²) in [5.74, 6) is 0.802. The maximum Gasteiger partial charge on any atom is 0.410 e. The highest BCUT2D eigenvalue weighted by Crippen LogP contribution is 2.24. The fourth-order valence-electron chi connectivity index (χ4n) is 4.93. The summed E-state index contributed by atoms with van der Waals surface area (Å²) in [5.41, 5.74) is 3.37. The highest BCUT2D eigenvalue weighted by atomic mass is 16.6. The third-order valence-corrected chi connectivity index (χ3v) is 6.87. The molecule has 1 aromatic rings. The molecule has 1 aromatic carbocycles. The molecule has 7 heteroatoms. The molecule has 3 heterocycles. The fourth-order valence-corrected chi connectivity index (χ4v) is 4.93. The van der Waals surface area contributed by atoms with Crippen LogP contribution in [-0.4, -0.2) is 78.2 Å². The van der Waals surface area contributed by atoms with Crippen molar-refractivity contribution in [3.8, 4) is 0 Å². The average molecular weight is 458 g/mol. The van der Waals surface area contributed by atoms with Crippen LogP contribution in [0.25, 0.3) is 0 Å². The predicted molar refractivity (Wildman–Crippen MR) is 127 cm³/mol. The predicted octanol–water partition coefficient (Wildman–Crippen LogP) is 3.44. The zero-order valence-electron chi connectivity index (χ0n) is 20.5. The molecular formula is C26H39N3O4. The Bertz CT molecular complexity index is 836. The van der Waals surface area contributed by atoms with Crippen LogP contribution in [0, 0.1) is 5.92 Å². The van der Waals surface area contributed by atoms with Crippen molar-refractivity contribution in [2.75, 3.05) is 45.9 Å². The minimum atomic E-state index is -0.472. The Balaban J connectivity index is 1.25. The van der Waals surface area contributed by atoms with Gasteiger partial charge in [0.1, 0.15) is 5.60 Å². The van der Waals surface area contributed by atoms with Gasteiger partial charge in [-0.25, -0.2) is 4.79 Å². The minimum absolute atomic E-state index is 0.235. The summed E-state index contributed by atoms with van der Waals surface area (Å²) in [7, 11) is 0. The van der Waals surface area contributed by atoms with E-state index in [2.05, 4.69) is 23.1 Å². The molecule has 0 bridgehead atoms. The molecule has 0 atom stereocenters. The number of nitrogens with zero attached hydrogens (tertiary/aromatic N) is 3. The van der Waals surface area contributed by atoms with Crippen LogP contribution in [0.15, 0.2) is 18.2 Å². The number of fused-ring (bicyclic) bond motifs is 1. The van der Waals surface area contributed by atoms with Crippen LogP contribution >= 0.6 is 0 Å². The first kappa shape index (κ1) is 24.0. The lowest BCUT2D eigenvalue weighted by molar-refractivity contribution is -0.134. The maximum atomic E-state index is 12.7. The number of benzene rings is 1. The maximum absolute atomic E-state index is 12.7. The van der Waals surface area contributed by atoms with Crippen molar-refractivity contribution in [2.24, 2.45) is 5.92 Å². The summed E-state index contributed by atoms with van der Waals surface area (Å²) < 4.78 is 10.9. The Morgan fingerprint density at radius 3 is 2.42 bits per heavy atom. The molecule has 0 N–H and O–H groups in total. The molecular weight excluding hydrogens is 418 g/mol. The summed E-state index contributed by atoms with van der Waals surface area (Å²) >= 11 is 0. The van der Waals surface area contributed by atoms with Gasteiger partial charge in [0.2, 0.25) is 5.91 Å². The SMILES string of the molecule is CC(C)(C)OC(=O)N1CCc2cc(CN3CCN(C(=O)CC4CCOCC4)CC3)ccc2C1. The van der Waals surface area contributed by atoms with Gasteiger partial charge >= 0.3 is 6.09 Å². The van der Waals surface area contributed by atoms with E-state index in [1.807, 2.05) is 25.7 Å². The first-order valence-corrected chi connectivity index (χ1v) is 12.4. The molecule has 0 radical (unpaired) electrons. The average Bonchev–Trinajstić information content (AvgIpc) is 2.78. The summed E-state index contributed by atoms with van der Waals surface area (Å²) in [4.78, 5) is 31.4. The Kier molecular flexibility index (Phi) is 7.59. The topological polar surface area (TPSA) is 62.3 Å². The Hall–Kier alpha value is -2.12. The van der Waals surface area contributed by atoms with Crippen LogP contribution in [0.2, 0.25) is 0 Å². The van der Waals surface area contributed by atoms with E-state index in [9.17, 15) is 9.59 Å². The van der Waals surface area contributed by atoms with Crippen molar-refractivity contribution in [3.63, 3.8) is 0 Å². The molecule has 2 saturated heterocycles. The highest BCUT2D eigenvalue weighted by molar-refractivity contribution is 5.76. The summed E-state index contributed by atoms with van der Waals surface area (Å²) in [6, 6.07) is 6.64. The zero-order chi connectivity index (χ0) is 23.4. The van der Waals surface area contributed by atoms with Crippen molar-refractivity contribution in [1.29, 1.82) is 0 Å². The van der Waals surface area contributed by atoms with Gasteiger partial charge in [-0.3, -0.25) is 9.69 Å². The van der Waals surface area contributed by atoms with E-state index in [1.54, 1.807) is 4.90 Å². The molecule has 2 fully saturated rings. The standard InChI is InChI=1S/C26H39N3O4/c1-26(2,3)33-25(31)29-9-6-22-16-21(4-5-23(22)19-29)18-27-10-12-28(13-11-27)24(30)17-20-7-14-32-15-8-20/h4-5,16,20H,6-15,17-19H2,1-3H3. The van der Waals surface area contributed by atoms with E-state index in [-0.39, 0.29) is 6.09 Å². The quantitative estimate of drug-likeness (QED) is 0.693. The third-order valence-electron chi connectivity index (χ3n) is 6.87. The number of ether oxygens (including phenoxy) is 2. The lowest BCUT2D eigenvalue weighted by atomic mass is 9.96. The molecule has 3 aliphatic rings.